The maximum Gasteiger partial charge on any atom is 0.241 e. The Labute approximate surface area is 126 Å². The molecule has 0 bridgehead atoms. The van der Waals surface area contributed by atoms with Crippen LogP contribution in [0.5, 0.6) is 0 Å². The predicted octanol–water partition coefficient (Wildman–Crippen LogP) is 3.01. The Morgan fingerprint density at radius 2 is 2.24 bits per heavy atom. The van der Waals surface area contributed by atoms with Gasteiger partial charge in [0.15, 0.2) is 0 Å². The average molecular weight is 285 g/mol. The number of piperidine rings is 1. The van der Waals surface area contributed by atoms with E-state index in [0.29, 0.717) is 11.3 Å². The highest BCUT2D eigenvalue weighted by molar-refractivity contribution is 5.94. The molecule has 112 valence electrons. The first-order chi connectivity index (χ1) is 9.91. The zero-order valence-corrected chi connectivity index (χ0v) is 13.0. The maximum absolute atomic E-state index is 12.4. The SMILES string of the molecule is CC(C(=O)Nc1cccc(C#N)c1)N1CCCC(C)(C)C1. The second-order valence-corrected chi connectivity index (χ2v) is 6.60. The molecule has 1 heterocycles. The van der Waals surface area contributed by atoms with Gasteiger partial charge in [0.25, 0.3) is 0 Å². The highest BCUT2D eigenvalue weighted by Crippen LogP contribution is 2.29. The van der Waals surface area contributed by atoms with Crippen LogP contribution >= 0.6 is 0 Å². The number of nitrogens with zero attached hydrogens (tertiary/aromatic N) is 2. The number of hydrogen-bond acceptors (Lipinski definition) is 3. The molecular formula is C17H23N3O. The van der Waals surface area contributed by atoms with Crippen molar-refractivity contribution < 1.29 is 4.79 Å². The lowest BCUT2D eigenvalue weighted by Gasteiger charge is -2.40. The quantitative estimate of drug-likeness (QED) is 0.928. The van der Waals surface area contributed by atoms with E-state index in [1.165, 1.54) is 6.42 Å². The number of carbonyl (C=O) groups excluding carboxylic acids is 1. The molecule has 1 aromatic rings. The van der Waals surface area contributed by atoms with Crippen molar-refractivity contribution in [2.75, 3.05) is 18.4 Å². The Balaban J connectivity index is 2.01. The molecular weight excluding hydrogens is 262 g/mol. The van der Waals surface area contributed by atoms with Crippen LogP contribution in [-0.2, 0) is 4.79 Å². The fraction of sp³-hybridized carbons (Fsp3) is 0.529. The van der Waals surface area contributed by atoms with Gasteiger partial charge in [0.2, 0.25) is 5.91 Å². The van der Waals surface area contributed by atoms with Crippen LogP contribution in [0.1, 0.15) is 39.2 Å². The molecule has 1 aliphatic heterocycles. The molecule has 4 nitrogen and oxygen atoms in total. The Bertz CT molecular complexity index is 559. The lowest BCUT2D eigenvalue weighted by Crippen LogP contribution is -2.49. The fourth-order valence-corrected chi connectivity index (χ4v) is 2.88. The third-order valence-corrected chi connectivity index (χ3v) is 4.12. The van der Waals surface area contributed by atoms with E-state index in [-0.39, 0.29) is 17.4 Å². The molecule has 1 aliphatic rings. The molecule has 1 aromatic carbocycles. The number of hydrogen-bond donors (Lipinski definition) is 1. The first-order valence-electron chi connectivity index (χ1n) is 7.46. The highest BCUT2D eigenvalue weighted by Gasteiger charge is 2.31. The number of nitrogens with one attached hydrogen (secondary N) is 1. The number of likely N-dealkylation sites (tertiary alicyclic amines) is 1. The molecule has 1 N–H and O–H groups in total. The normalized spacial score (nSPS) is 19.5. The number of rotatable bonds is 3. The van der Waals surface area contributed by atoms with Crippen molar-refractivity contribution in [2.24, 2.45) is 5.41 Å². The van der Waals surface area contributed by atoms with E-state index in [9.17, 15) is 4.79 Å². The Hall–Kier alpha value is -1.86. The van der Waals surface area contributed by atoms with Gasteiger partial charge in [-0.25, -0.2) is 0 Å². The van der Waals surface area contributed by atoms with Crippen LogP contribution in [-0.4, -0.2) is 29.9 Å². The van der Waals surface area contributed by atoms with Crippen LogP contribution in [0.4, 0.5) is 5.69 Å². The Kier molecular flexibility index (Phi) is 4.64. The zero-order chi connectivity index (χ0) is 15.5. The van der Waals surface area contributed by atoms with E-state index in [2.05, 4.69) is 30.1 Å². The summed E-state index contributed by atoms with van der Waals surface area (Å²) in [6.07, 6.45) is 2.34. The van der Waals surface area contributed by atoms with Crippen LogP contribution in [0.2, 0.25) is 0 Å². The monoisotopic (exact) mass is 285 g/mol. The summed E-state index contributed by atoms with van der Waals surface area (Å²) in [4.78, 5) is 14.6. The van der Waals surface area contributed by atoms with E-state index in [1.807, 2.05) is 13.0 Å². The molecule has 1 unspecified atom stereocenters. The van der Waals surface area contributed by atoms with Crippen molar-refractivity contribution in [3.05, 3.63) is 29.8 Å². The molecule has 0 saturated carbocycles. The summed E-state index contributed by atoms with van der Waals surface area (Å²) in [5.74, 6) is -0.0113. The molecule has 2 rings (SSSR count). The van der Waals surface area contributed by atoms with Gasteiger partial charge >= 0.3 is 0 Å². The van der Waals surface area contributed by atoms with Crippen LogP contribution in [0, 0.1) is 16.7 Å². The van der Waals surface area contributed by atoms with Gasteiger partial charge in [-0.05, 0) is 49.9 Å². The number of amides is 1. The summed E-state index contributed by atoms with van der Waals surface area (Å²) in [5.41, 5.74) is 1.51. The molecule has 21 heavy (non-hydrogen) atoms. The van der Waals surface area contributed by atoms with Gasteiger partial charge in [-0.3, -0.25) is 9.69 Å². The van der Waals surface area contributed by atoms with E-state index in [1.54, 1.807) is 18.2 Å². The number of nitriles is 1. The summed E-state index contributed by atoms with van der Waals surface area (Å²) < 4.78 is 0. The maximum atomic E-state index is 12.4. The van der Waals surface area contributed by atoms with Gasteiger partial charge in [-0.1, -0.05) is 19.9 Å². The lowest BCUT2D eigenvalue weighted by molar-refractivity contribution is -0.121. The second kappa shape index (κ2) is 6.28. The summed E-state index contributed by atoms with van der Waals surface area (Å²) in [5, 5.41) is 11.8. The molecule has 0 radical (unpaired) electrons. The van der Waals surface area contributed by atoms with Crippen molar-refractivity contribution in [3.63, 3.8) is 0 Å². The van der Waals surface area contributed by atoms with Crippen LogP contribution < -0.4 is 5.32 Å². The van der Waals surface area contributed by atoms with Crippen LogP contribution in [0.15, 0.2) is 24.3 Å². The minimum atomic E-state index is -0.157. The highest BCUT2D eigenvalue weighted by atomic mass is 16.2. The molecule has 0 aliphatic carbocycles. The number of carbonyl (C=O) groups is 1. The molecule has 0 spiro atoms. The summed E-state index contributed by atoms with van der Waals surface area (Å²) >= 11 is 0. The van der Waals surface area contributed by atoms with Crippen molar-refractivity contribution in [2.45, 2.75) is 39.7 Å². The van der Waals surface area contributed by atoms with E-state index in [0.717, 1.165) is 19.5 Å². The summed E-state index contributed by atoms with van der Waals surface area (Å²) in [6.45, 7) is 8.36. The Morgan fingerprint density at radius 1 is 1.48 bits per heavy atom. The molecule has 1 saturated heterocycles. The second-order valence-electron chi connectivity index (χ2n) is 6.60. The van der Waals surface area contributed by atoms with Crippen molar-refractivity contribution in [3.8, 4) is 6.07 Å². The van der Waals surface area contributed by atoms with Gasteiger partial charge in [0.1, 0.15) is 0 Å². The third kappa shape index (κ3) is 4.05. The van der Waals surface area contributed by atoms with Crippen molar-refractivity contribution >= 4 is 11.6 Å². The van der Waals surface area contributed by atoms with Gasteiger partial charge in [-0.2, -0.15) is 5.26 Å². The van der Waals surface area contributed by atoms with Crippen molar-refractivity contribution in [1.29, 1.82) is 5.26 Å². The zero-order valence-electron chi connectivity index (χ0n) is 13.0. The van der Waals surface area contributed by atoms with Crippen molar-refractivity contribution in [1.82, 2.24) is 4.90 Å². The topological polar surface area (TPSA) is 56.1 Å². The first-order valence-corrected chi connectivity index (χ1v) is 7.46. The number of anilines is 1. The molecule has 1 atom stereocenters. The Morgan fingerprint density at radius 3 is 2.90 bits per heavy atom. The van der Waals surface area contributed by atoms with Gasteiger partial charge in [-0.15, -0.1) is 0 Å². The first kappa shape index (κ1) is 15.5. The number of benzene rings is 1. The van der Waals surface area contributed by atoms with Crippen LogP contribution in [0.25, 0.3) is 0 Å². The summed E-state index contributed by atoms with van der Waals surface area (Å²) in [7, 11) is 0. The summed E-state index contributed by atoms with van der Waals surface area (Å²) in [6, 6.07) is 8.94. The van der Waals surface area contributed by atoms with E-state index < -0.39 is 0 Å². The third-order valence-electron chi connectivity index (χ3n) is 4.12. The van der Waals surface area contributed by atoms with Gasteiger partial charge in [0.05, 0.1) is 17.7 Å². The minimum absolute atomic E-state index is 0.0113. The van der Waals surface area contributed by atoms with Gasteiger partial charge < -0.3 is 5.32 Å². The lowest BCUT2D eigenvalue weighted by atomic mass is 9.83. The van der Waals surface area contributed by atoms with E-state index in [4.69, 9.17) is 5.26 Å². The largest absolute Gasteiger partial charge is 0.325 e. The molecule has 1 amide bonds. The standard InChI is InChI=1S/C17H23N3O/c1-13(20-9-5-8-17(2,3)12-20)16(21)19-15-7-4-6-14(10-15)11-18/h4,6-7,10,13H,5,8-9,12H2,1-3H3,(H,19,21). The van der Waals surface area contributed by atoms with Gasteiger partial charge in [0, 0.05) is 12.2 Å². The smallest absolute Gasteiger partial charge is 0.241 e. The van der Waals surface area contributed by atoms with E-state index >= 15 is 0 Å². The van der Waals surface area contributed by atoms with Crippen LogP contribution in [0.3, 0.4) is 0 Å². The molecule has 4 heteroatoms. The molecule has 0 aromatic heterocycles. The molecule has 1 fully saturated rings. The average Bonchev–Trinajstić information content (AvgIpc) is 2.45. The predicted molar refractivity (Wildman–Crippen MR) is 83.8 cm³/mol. The minimum Gasteiger partial charge on any atom is -0.325 e. The fourth-order valence-electron chi connectivity index (χ4n) is 2.88.